The molecule has 16 heavy (non-hydrogen) atoms. The summed E-state index contributed by atoms with van der Waals surface area (Å²) in [4.78, 5) is 11.4. The Hall–Kier alpha value is -1.07. The summed E-state index contributed by atoms with van der Waals surface area (Å²) in [7, 11) is 0. The van der Waals surface area contributed by atoms with Crippen molar-refractivity contribution in [2.75, 3.05) is 0 Å². The van der Waals surface area contributed by atoms with Crippen molar-refractivity contribution >= 4 is 21.9 Å². The van der Waals surface area contributed by atoms with Gasteiger partial charge in [-0.3, -0.25) is 4.79 Å². The summed E-state index contributed by atoms with van der Waals surface area (Å²) in [6.45, 7) is 0. The number of carboxylic acid groups (broad SMARTS) is 1. The summed E-state index contributed by atoms with van der Waals surface area (Å²) in [5.41, 5.74) is 5.07. The SMILES string of the molecule is NC1CC(C(=O)O)(c2c(O)cccc2Br)C1. The highest BCUT2D eigenvalue weighted by atomic mass is 79.9. The Balaban J connectivity index is 2.53. The molecule has 0 bridgehead atoms. The molecule has 2 rings (SSSR count). The Bertz CT molecular complexity index is 421. The van der Waals surface area contributed by atoms with E-state index in [0.717, 1.165) is 0 Å². The number of benzene rings is 1. The molecule has 4 N–H and O–H groups in total. The molecule has 1 fully saturated rings. The van der Waals surface area contributed by atoms with Crippen LogP contribution in [0.1, 0.15) is 18.4 Å². The van der Waals surface area contributed by atoms with Crippen LogP contribution in [0.2, 0.25) is 0 Å². The van der Waals surface area contributed by atoms with Crippen LogP contribution in [0.25, 0.3) is 0 Å². The number of aromatic hydroxyl groups is 1. The smallest absolute Gasteiger partial charge is 0.314 e. The summed E-state index contributed by atoms with van der Waals surface area (Å²) >= 11 is 3.28. The molecule has 0 atom stereocenters. The first-order valence-electron chi connectivity index (χ1n) is 4.94. The van der Waals surface area contributed by atoms with Crippen molar-refractivity contribution < 1.29 is 15.0 Å². The van der Waals surface area contributed by atoms with E-state index in [1.54, 1.807) is 12.1 Å². The van der Waals surface area contributed by atoms with Gasteiger partial charge in [-0.05, 0) is 25.0 Å². The summed E-state index contributed by atoms with van der Waals surface area (Å²) in [6.07, 6.45) is 0.719. The van der Waals surface area contributed by atoms with Gasteiger partial charge in [0.05, 0.1) is 0 Å². The molecule has 0 aliphatic heterocycles. The number of phenols is 1. The quantitative estimate of drug-likeness (QED) is 0.771. The van der Waals surface area contributed by atoms with Crippen LogP contribution in [0.3, 0.4) is 0 Å². The Kier molecular flexibility index (Phi) is 2.67. The predicted molar refractivity (Wildman–Crippen MR) is 62.3 cm³/mol. The van der Waals surface area contributed by atoms with Crippen molar-refractivity contribution in [2.45, 2.75) is 24.3 Å². The van der Waals surface area contributed by atoms with Crippen LogP contribution < -0.4 is 5.73 Å². The second kappa shape index (κ2) is 3.75. The van der Waals surface area contributed by atoms with E-state index in [2.05, 4.69) is 15.9 Å². The van der Waals surface area contributed by atoms with Crippen molar-refractivity contribution in [3.8, 4) is 5.75 Å². The van der Waals surface area contributed by atoms with Gasteiger partial charge in [0.2, 0.25) is 0 Å². The van der Waals surface area contributed by atoms with Crippen molar-refractivity contribution in [3.63, 3.8) is 0 Å². The second-order valence-corrected chi connectivity index (χ2v) is 5.04. The maximum atomic E-state index is 11.4. The van der Waals surface area contributed by atoms with Crippen molar-refractivity contribution in [1.29, 1.82) is 0 Å². The van der Waals surface area contributed by atoms with Gasteiger partial charge in [0.1, 0.15) is 11.2 Å². The maximum absolute atomic E-state index is 11.4. The fraction of sp³-hybridized carbons (Fsp3) is 0.364. The lowest BCUT2D eigenvalue weighted by molar-refractivity contribution is -0.148. The molecule has 1 aliphatic carbocycles. The number of hydrogen-bond acceptors (Lipinski definition) is 3. The van der Waals surface area contributed by atoms with E-state index in [9.17, 15) is 15.0 Å². The van der Waals surface area contributed by atoms with Crippen LogP contribution in [0.4, 0.5) is 0 Å². The third kappa shape index (κ3) is 1.51. The highest BCUT2D eigenvalue weighted by molar-refractivity contribution is 9.10. The van der Waals surface area contributed by atoms with Gasteiger partial charge in [-0.15, -0.1) is 0 Å². The zero-order valence-corrected chi connectivity index (χ0v) is 10.1. The Morgan fingerprint density at radius 1 is 1.50 bits per heavy atom. The van der Waals surface area contributed by atoms with Crippen LogP contribution >= 0.6 is 15.9 Å². The normalized spacial score (nSPS) is 28.5. The van der Waals surface area contributed by atoms with Crippen molar-refractivity contribution in [1.82, 2.24) is 0 Å². The molecule has 0 unspecified atom stereocenters. The first kappa shape index (κ1) is 11.4. The van der Waals surface area contributed by atoms with E-state index >= 15 is 0 Å². The summed E-state index contributed by atoms with van der Waals surface area (Å²) in [5.74, 6) is -0.930. The van der Waals surface area contributed by atoms with Crippen LogP contribution in [-0.2, 0) is 10.2 Å². The van der Waals surface area contributed by atoms with E-state index in [4.69, 9.17) is 5.73 Å². The Morgan fingerprint density at radius 3 is 2.56 bits per heavy atom. The monoisotopic (exact) mass is 285 g/mol. The van der Waals surface area contributed by atoms with Gasteiger partial charge in [0, 0.05) is 16.1 Å². The summed E-state index contributed by atoms with van der Waals surface area (Å²) < 4.78 is 0.613. The largest absolute Gasteiger partial charge is 0.508 e. The first-order chi connectivity index (χ1) is 7.47. The minimum absolute atomic E-state index is 0.00340. The third-order valence-electron chi connectivity index (χ3n) is 3.10. The molecule has 0 saturated heterocycles. The number of phenolic OH excluding ortho intramolecular Hbond substituents is 1. The van der Waals surface area contributed by atoms with E-state index < -0.39 is 11.4 Å². The third-order valence-corrected chi connectivity index (χ3v) is 3.76. The van der Waals surface area contributed by atoms with Crippen molar-refractivity contribution in [3.05, 3.63) is 28.2 Å². The number of carboxylic acids is 1. The Labute approximate surface area is 101 Å². The number of carbonyl (C=O) groups is 1. The molecule has 0 amide bonds. The van der Waals surface area contributed by atoms with Gasteiger partial charge in [-0.1, -0.05) is 22.0 Å². The number of hydrogen-bond donors (Lipinski definition) is 3. The van der Waals surface area contributed by atoms with Gasteiger partial charge in [-0.25, -0.2) is 0 Å². The zero-order chi connectivity index (χ0) is 11.9. The van der Waals surface area contributed by atoms with E-state index in [1.165, 1.54) is 6.07 Å². The van der Waals surface area contributed by atoms with Crippen LogP contribution in [0.5, 0.6) is 5.75 Å². The lowest BCUT2D eigenvalue weighted by Crippen LogP contribution is -2.54. The van der Waals surface area contributed by atoms with Crippen LogP contribution in [0.15, 0.2) is 22.7 Å². The minimum atomic E-state index is -1.04. The lowest BCUT2D eigenvalue weighted by atomic mass is 9.61. The van der Waals surface area contributed by atoms with Gasteiger partial charge in [0.15, 0.2) is 0 Å². The molecular formula is C11H12BrNO3. The van der Waals surface area contributed by atoms with Gasteiger partial charge in [0.25, 0.3) is 0 Å². The van der Waals surface area contributed by atoms with Crippen LogP contribution in [-0.4, -0.2) is 22.2 Å². The molecule has 1 aliphatic rings. The summed E-state index contributed by atoms with van der Waals surface area (Å²) in [5, 5.41) is 19.1. The predicted octanol–water partition coefficient (Wildman–Crippen LogP) is 1.60. The van der Waals surface area contributed by atoms with E-state index in [0.29, 0.717) is 22.9 Å². The van der Waals surface area contributed by atoms with E-state index in [-0.39, 0.29) is 11.8 Å². The lowest BCUT2D eigenvalue weighted by Gasteiger charge is -2.43. The molecule has 0 radical (unpaired) electrons. The molecule has 5 heteroatoms. The molecule has 86 valence electrons. The average Bonchev–Trinajstić information content (AvgIpc) is 2.13. The molecule has 0 aromatic heterocycles. The van der Waals surface area contributed by atoms with Gasteiger partial charge >= 0.3 is 5.97 Å². The average molecular weight is 286 g/mol. The molecule has 0 heterocycles. The summed E-state index contributed by atoms with van der Waals surface area (Å²) in [6, 6.07) is 4.78. The first-order valence-corrected chi connectivity index (χ1v) is 5.73. The molecule has 0 spiro atoms. The number of halogens is 1. The second-order valence-electron chi connectivity index (χ2n) is 4.19. The molecule has 4 nitrogen and oxygen atoms in total. The zero-order valence-electron chi connectivity index (χ0n) is 8.48. The maximum Gasteiger partial charge on any atom is 0.314 e. The minimum Gasteiger partial charge on any atom is -0.508 e. The number of aliphatic carboxylic acids is 1. The fourth-order valence-electron chi connectivity index (χ4n) is 2.31. The Morgan fingerprint density at radius 2 is 2.12 bits per heavy atom. The number of rotatable bonds is 2. The highest BCUT2D eigenvalue weighted by Gasteiger charge is 2.52. The van der Waals surface area contributed by atoms with Gasteiger partial charge in [-0.2, -0.15) is 0 Å². The van der Waals surface area contributed by atoms with Gasteiger partial charge < -0.3 is 15.9 Å². The molecule has 1 aromatic carbocycles. The molecular weight excluding hydrogens is 274 g/mol. The fourth-order valence-corrected chi connectivity index (χ4v) is 3.04. The van der Waals surface area contributed by atoms with E-state index in [1.807, 2.05) is 0 Å². The van der Waals surface area contributed by atoms with Crippen molar-refractivity contribution in [2.24, 2.45) is 5.73 Å². The molecule has 1 saturated carbocycles. The highest BCUT2D eigenvalue weighted by Crippen LogP contribution is 2.49. The topological polar surface area (TPSA) is 83.6 Å². The van der Waals surface area contributed by atoms with Crippen LogP contribution in [0, 0.1) is 0 Å². The standard InChI is InChI=1S/C11H12BrNO3/c12-7-2-1-3-8(14)9(7)11(10(15)16)4-6(13)5-11/h1-3,6,14H,4-5,13H2,(H,15,16). The molecule has 1 aromatic rings. The number of nitrogens with two attached hydrogens (primary N) is 1.